The van der Waals surface area contributed by atoms with Crippen LogP contribution in [0.5, 0.6) is 0 Å². The van der Waals surface area contributed by atoms with Crippen LogP contribution in [0.15, 0.2) is 29.3 Å². The molecule has 6 heteroatoms. The Hall–Kier alpha value is -1.95. The highest BCUT2D eigenvalue weighted by atomic mass is 19.1. The van der Waals surface area contributed by atoms with E-state index in [-0.39, 0.29) is 11.6 Å². The number of nitrogens with one attached hydrogen (secondary N) is 1. The lowest BCUT2D eigenvalue weighted by atomic mass is 10.2. The van der Waals surface area contributed by atoms with Gasteiger partial charge in [0.15, 0.2) is 0 Å². The van der Waals surface area contributed by atoms with Gasteiger partial charge in [0.1, 0.15) is 12.4 Å². The highest BCUT2D eigenvalue weighted by Gasteiger charge is 2.21. The number of benzene rings is 1. The molecule has 0 bridgehead atoms. The minimum atomic E-state index is -0.459. The Bertz CT molecular complexity index is 515. The molecule has 114 valence electrons. The molecule has 0 saturated heterocycles. The third-order valence-corrected chi connectivity index (χ3v) is 3.02. The minimum Gasteiger partial charge on any atom is -0.463 e. The maximum Gasteiger partial charge on any atom is 0.291 e. The van der Waals surface area contributed by atoms with E-state index in [0.29, 0.717) is 25.7 Å². The molecule has 5 nitrogen and oxygen atoms in total. The molecule has 21 heavy (non-hydrogen) atoms. The number of amidine groups is 1. The molecule has 1 N–H and O–H groups in total. The second-order valence-electron chi connectivity index (χ2n) is 4.89. The van der Waals surface area contributed by atoms with E-state index in [1.165, 1.54) is 24.3 Å². The number of hydrogen-bond acceptors (Lipinski definition) is 4. The van der Waals surface area contributed by atoms with Gasteiger partial charge in [-0.15, -0.1) is 0 Å². The van der Waals surface area contributed by atoms with E-state index in [2.05, 4.69) is 10.3 Å². The SMILES string of the molecule is COCCOC(=NCC1CC1)NC(=O)c1cccc(F)c1. The summed E-state index contributed by atoms with van der Waals surface area (Å²) in [5.41, 5.74) is 0.226. The van der Waals surface area contributed by atoms with Crippen LogP contribution in [0.2, 0.25) is 0 Å². The molecule has 0 spiro atoms. The van der Waals surface area contributed by atoms with Gasteiger partial charge in [-0.1, -0.05) is 6.07 Å². The van der Waals surface area contributed by atoms with E-state index in [0.717, 1.165) is 12.8 Å². The number of nitrogens with zero attached hydrogens (tertiary/aromatic N) is 1. The molecule has 2 rings (SSSR count). The number of carbonyl (C=O) groups is 1. The minimum absolute atomic E-state index is 0.160. The average Bonchev–Trinajstić information content (AvgIpc) is 3.29. The van der Waals surface area contributed by atoms with Crippen molar-refractivity contribution in [1.82, 2.24) is 5.32 Å². The summed E-state index contributed by atoms with van der Waals surface area (Å²) in [7, 11) is 1.57. The zero-order chi connectivity index (χ0) is 15.1. The smallest absolute Gasteiger partial charge is 0.291 e. The van der Waals surface area contributed by atoms with Crippen LogP contribution in [0.25, 0.3) is 0 Å². The summed E-state index contributed by atoms with van der Waals surface area (Å²) in [6.45, 7) is 1.33. The first-order valence-corrected chi connectivity index (χ1v) is 6.92. The molecule has 0 radical (unpaired) electrons. The largest absolute Gasteiger partial charge is 0.463 e. The van der Waals surface area contributed by atoms with Crippen LogP contribution in [0, 0.1) is 11.7 Å². The van der Waals surface area contributed by atoms with Gasteiger partial charge in [-0.2, -0.15) is 0 Å². The molecular formula is C15H19FN2O3. The van der Waals surface area contributed by atoms with Gasteiger partial charge in [0, 0.05) is 19.2 Å². The molecular weight excluding hydrogens is 275 g/mol. The van der Waals surface area contributed by atoms with Gasteiger partial charge in [-0.25, -0.2) is 9.38 Å². The first-order valence-electron chi connectivity index (χ1n) is 6.92. The van der Waals surface area contributed by atoms with Crippen molar-refractivity contribution in [3.8, 4) is 0 Å². The van der Waals surface area contributed by atoms with Crippen molar-refractivity contribution in [1.29, 1.82) is 0 Å². The predicted molar refractivity (Wildman–Crippen MR) is 76.7 cm³/mol. The van der Waals surface area contributed by atoms with Gasteiger partial charge in [-0.3, -0.25) is 10.1 Å². The van der Waals surface area contributed by atoms with Gasteiger partial charge in [0.2, 0.25) is 0 Å². The average molecular weight is 294 g/mol. The van der Waals surface area contributed by atoms with Crippen molar-refractivity contribution in [2.24, 2.45) is 10.9 Å². The maximum atomic E-state index is 13.1. The lowest BCUT2D eigenvalue weighted by Gasteiger charge is -2.10. The maximum absolute atomic E-state index is 13.1. The van der Waals surface area contributed by atoms with Gasteiger partial charge < -0.3 is 9.47 Å². The lowest BCUT2D eigenvalue weighted by molar-refractivity contribution is 0.0953. The molecule has 1 amide bonds. The predicted octanol–water partition coefficient (Wildman–Crippen LogP) is 1.98. The Kier molecular flexibility index (Phi) is 5.68. The quantitative estimate of drug-likeness (QED) is 0.496. The van der Waals surface area contributed by atoms with E-state index >= 15 is 0 Å². The molecule has 0 aliphatic heterocycles. The number of amides is 1. The summed E-state index contributed by atoms with van der Waals surface area (Å²) >= 11 is 0. The summed E-state index contributed by atoms with van der Waals surface area (Å²) in [6, 6.07) is 5.63. The van der Waals surface area contributed by atoms with Gasteiger partial charge in [0.05, 0.1) is 6.61 Å². The third kappa shape index (κ3) is 5.51. The number of methoxy groups -OCH3 is 1. The summed E-state index contributed by atoms with van der Waals surface area (Å²) in [6.07, 6.45) is 2.32. The number of hydrogen-bond donors (Lipinski definition) is 1. The van der Waals surface area contributed by atoms with Crippen molar-refractivity contribution in [2.45, 2.75) is 12.8 Å². The normalized spacial score (nSPS) is 14.9. The molecule has 1 aliphatic carbocycles. The Labute approximate surface area is 123 Å². The van der Waals surface area contributed by atoms with Crippen LogP contribution in [0.1, 0.15) is 23.2 Å². The van der Waals surface area contributed by atoms with Gasteiger partial charge in [-0.05, 0) is 37.0 Å². The second-order valence-corrected chi connectivity index (χ2v) is 4.89. The molecule has 0 heterocycles. The fraction of sp³-hybridized carbons (Fsp3) is 0.467. The van der Waals surface area contributed by atoms with E-state index in [9.17, 15) is 9.18 Å². The van der Waals surface area contributed by atoms with Crippen LogP contribution in [-0.4, -0.2) is 38.8 Å². The molecule has 0 aromatic heterocycles. The standard InChI is InChI=1S/C15H19FN2O3/c1-20-7-8-21-15(17-10-11-5-6-11)18-14(19)12-3-2-4-13(16)9-12/h2-4,9,11H,5-8,10H2,1H3,(H,17,18,19). The van der Waals surface area contributed by atoms with E-state index in [4.69, 9.17) is 9.47 Å². The third-order valence-electron chi connectivity index (χ3n) is 3.02. The molecule has 1 aromatic rings. The Morgan fingerprint density at radius 1 is 1.43 bits per heavy atom. The molecule has 0 atom stereocenters. The van der Waals surface area contributed by atoms with Crippen LogP contribution in [0.4, 0.5) is 4.39 Å². The number of aliphatic imine (C=N–C) groups is 1. The van der Waals surface area contributed by atoms with Crippen LogP contribution in [0.3, 0.4) is 0 Å². The van der Waals surface area contributed by atoms with E-state index in [1.54, 1.807) is 7.11 Å². The summed E-state index contributed by atoms with van der Waals surface area (Å²) in [5.74, 6) is -0.321. The first-order chi connectivity index (χ1) is 10.2. The zero-order valence-electron chi connectivity index (χ0n) is 12.0. The monoisotopic (exact) mass is 294 g/mol. The van der Waals surface area contributed by atoms with Crippen molar-refractivity contribution in [2.75, 3.05) is 26.9 Å². The highest BCUT2D eigenvalue weighted by molar-refractivity contribution is 6.04. The van der Waals surface area contributed by atoms with Crippen LogP contribution < -0.4 is 5.32 Å². The summed E-state index contributed by atoms with van der Waals surface area (Å²) in [4.78, 5) is 16.3. The molecule has 1 saturated carbocycles. The summed E-state index contributed by atoms with van der Waals surface area (Å²) in [5, 5.41) is 2.57. The van der Waals surface area contributed by atoms with Crippen molar-refractivity contribution in [3.63, 3.8) is 0 Å². The van der Waals surface area contributed by atoms with E-state index in [1.807, 2.05) is 0 Å². The zero-order valence-corrected chi connectivity index (χ0v) is 12.0. The number of carbonyl (C=O) groups excluding carboxylic acids is 1. The van der Waals surface area contributed by atoms with Crippen molar-refractivity contribution < 1.29 is 18.7 Å². The topological polar surface area (TPSA) is 59.9 Å². The second kappa shape index (κ2) is 7.73. The van der Waals surface area contributed by atoms with Gasteiger partial charge >= 0.3 is 0 Å². The van der Waals surface area contributed by atoms with Crippen molar-refractivity contribution in [3.05, 3.63) is 35.6 Å². The van der Waals surface area contributed by atoms with Crippen LogP contribution >= 0.6 is 0 Å². The van der Waals surface area contributed by atoms with E-state index < -0.39 is 11.7 Å². The number of halogens is 1. The molecule has 1 aliphatic rings. The Morgan fingerprint density at radius 3 is 2.90 bits per heavy atom. The number of ether oxygens (including phenoxy) is 2. The number of rotatable bonds is 6. The molecule has 1 aromatic carbocycles. The fourth-order valence-corrected chi connectivity index (χ4v) is 1.65. The lowest BCUT2D eigenvalue weighted by Crippen LogP contribution is -2.33. The molecule has 0 unspecified atom stereocenters. The van der Waals surface area contributed by atoms with Crippen LogP contribution in [-0.2, 0) is 9.47 Å². The Morgan fingerprint density at radius 2 is 2.24 bits per heavy atom. The molecule has 1 fully saturated rings. The van der Waals surface area contributed by atoms with Crippen molar-refractivity contribution >= 4 is 11.9 Å². The van der Waals surface area contributed by atoms with Gasteiger partial charge in [0.25, 0.3) is 11.9 Å². The first kappa shape index (κ1) is 15.4. The highest BCUT2D eigenvalue weighted by Crippen LogP contribution is 2.28. The Balaban J connectivity index is 1.95. The fourth-order valence-electron chi connectivity index (χ4n) is 1.65. The summed E-state index contributed by atoms with van der Waals surface area (Å²) < 4.78 is 23.4.